The van der Waals surface area contributed by atoms with Gasteiger partial charge in [-0.25, -0.2) is 0 Å². The van der Waals surface area contributed by atoms with E-state index in [1.165, 1.54) is 0 Å². The molecule has 46 valence electrons. The molecule has 3 heteroatoms. The SMILES string of the molecule is CC(N)C(C)(C)N.[LiH]. The molecular weight excluding hydrogens is 95.0 g/mol. The van der Waals surface area contributed by atoms with Crippen LogP contribution in [0, 0.1) is 0 Å². The van der Waals surface area contributed by atoms with Gasteiger partial charge in [0.2, 0.25) is 0 Å². The van der Waals surface area contributed by atoms with Gasteiger partial charge in [-0.3, -0.25) is 0 Å². The summed E-state index contributed by atoms with van der Waals surface area (Å²) in [6.07, 6.45) is 0. The first-order valence-corrected chi connectivity index (χ1v) is 2.49. The molecule has 0 aliphatic carbocycles. The van der Waals surface area contributed by atoms with Gasteiger partial charge in [0.05, 0.1) is 0 Å². The summed E-state index contributed by atoms with van der Waals surface area (Å²) in [6, 6.07) is 0.0764. The molecule has 8 heavy (non-hydrogen) atoms. The van der Waals surface area contributed by atoms with Crippen LogP contribution in [0.15, 0.2) is 0 Å². The molecule has 0 heterocycles. The van der Waals surface area contributed by atoms with Crippen molar-refractivity contribution in [2.45, 2.75) is 32.4 Å². The van der Waals surface area contributed by atoms with Crippen LogP contribution in [-0.2, 0) is 0 Å². The Morgan fingerprint density at radius 2 is 1.50 bits per heavy atom. The van der Waals surface area contributed by atoms with Gasteiger partial charge in [0, 0.05) is 11.6 Å². The van der Waals surface area contributed by atoms with Crippen LogP contribution in [0.3, 0.4) is 0 Å². The van der Waals surface area contributed by atoms with E-state index in [0.717, 1.165) is 0 Å². The first-order chi connectivity index (χ1) is 2.94. The first-order valence-electron chi connectivity index (χ1n) is 2.49. The Morgan fingerprint density at radius 3 is 1.50 bits per heavy atom. The predicted octanol–water partition coefficient (Wildman–Crippen LogP) is -0.578. The van der Waals surface area contributed by atoms with E-state index < -0.39 is 0 Å². The van der Waals surface area contributed by atoms with Gasteiger partial charge < -0.3 is 11.5 Å². The second kappa shape index (κ2) is 3.53. The molecule has 0 aliphatic heterocycles. The molecule has 0 aromatic heterocycles. The molecule has 1 atom stereocenters. The van der Waals surface area contributed by atoms with Gasteiger partial charge in [-0.2, -0.15) is 0 Å². The topological polar surface area (TPSA) is 52.0 Å². The molecule has 0 fully saturated rings. The van der Waals surface area contributed by atoms with Crippen molar-refractivity contribution >= 4 is 18.9 Å². The van der Waals surface area contributed by atoms with Gasteiger partial charge in [0.25, 0.3) is 0 Å². The molecule has 0 bridgehead atoms. The average molecular weight is 110 g/mol. The van der Waals surface area contributed by atoms with Crippen LogP contribution in [-0.4, -0.2) is 30.4 Å². The molecule has 0 spiro atoms. The van der Waals surface area contributed by atoms with Crippen molar-refractivity contribution in [1.82, 2.24) is 0 Å². The number of hydrogen-bond acceptors (Lipinski definition) is 2. The molecule has 0 aromatic rings. The third-order valence-corrected chi connectivity index (χ3v) is 1.17. The van der Waals surface area contributed by atoms with E-state index in [2.05, 4.69) is 0 Å². The van der Waals surface area contributed by atoms with Crippen molar-refractivity contribution in [2.75, 3.05) is 0 Å². The van der Waals surface area contributed by atoms with E-state index in [1.54, 1.807) is 0 Å². The third-order valence-electron chi connectivity index (χ3n) is 1.17. The fourth-order valence-electron chi connectivity index (χ4n) is 0. The Balaban J connectivity index is 0. The predicted molar refractivity (Wildman–Crippen MR) is 39.1 cm³/mol. The van der Waals surface area contributed by atoms with Crippen LogP contribution in [0.4, 0.5) is 0 Å². The van der Waals surface area contributed by atoms with Crippen molar-refractivity contribution in [3.8, 4) is 0 Å². The summed E-state index contributed by atoms with van der Waals surface area (Å²) in [4.78, 5) is 0. The van der Waals surface area contributed by atoms with Crippen molar-refractivity contribution in [1.29, 1.82) is 0 Å². The van der Waals surface area contributed by atoms with Crippen LogP contribution < -0.4 is 11.5 Å². The molecule has 2 nitrogen and oxygen atoms in total. The van der Waals surface area contributed by atoms with E-state index in [1.807, 2.05) is 20.8 Å². The Hall–Kier alpha value is 0.517. The van der Waals surface area contributed by atoms with Crippen LogP contribution in [0.5, 0.6) is 0 Å². The van der Waals surface area contributed by atoms with Crippen LogP contribution in [0.2, 0.25) is 0 Å². The zero-order valence-corrected chi connectivity index (χ0v) is 5.23. The first kappa shape index (κ1) is 11.3. The quantitative estimate of drug-likeness (QED) is 0.444. The van der Waals surface area contributed by atoms with Gasteiger partial charge in [-0.05, 0) is 20.8 Å². The van der Waals surface area contributed by atoms with Gasteiger partial charge in [0.15, 0.2) is 0 Å². The summed E-state index contributed by atoms with van der Waals surface area (Å²) in [5, 5.41) is 0. The minimum absolute atomic E-state index is 0. The second-order valence-corrected chi connectivity index (χ2v) is 2.61. The van der Waals surface area contributed by atoms with Crippen LogP contribution in [0.1, 0.15) is 20.8 Å². The number of hydrogen-bond donors (Lipinski definition) is 2. The number of nitrogens with two attached hydrogens (primary N) is 2. The summed E-state index contributed by atoms with van der Waals surface area (Å²) < 4.78 is 0. The maximum absolute atomic E-state index is 5.55. The zero-order chi connectivity index (χ0) is 6.08. The van der Waals surface area contributed by atoms with Crippen molar-refractivity contribution in [3.63, 3.8) is 0 Å². The van der Waals surface area contributed by atoms with Crippen LogP contribution in [0.25, 0.3) is 0 Å². The normalized spacial score (nSPS) is 14.6. The standard InChI is InChI=1S/C5H14N2.Li.H/c1-4(6)5(2,3)7;;/h4H,6-7H2,1-3H3;;. The van der Waals surface area contributed by atoms with Gasteiger partial charge in [0.1, 0.15) is 0 Å². The number of rotatable bonds is 1. The Labute approximate surface area is 63.2 Å². The van der Waals surface area contributed by atoms with Gasteiger partial charge in [-0.15, -0.1) is 0 Å². The summed E-state index contributed by atoms with van der Waals surface area (Å²) in [6.45, 7) is 5.73. The summed E-state index contributed by atoms with van der Waals surface area (Å²) in [7, 11) is 0. The molecule has 0 saturated carbocycles. The monoisotopic (exact) mass is 110 g/mol. The zero-order valence-electron chi connectivity index (χ0n) is 5.23. The van der Waals surface area contributed by atoms with E-state index in [0.29, 0.717) is 0 Å². The van der Waals surface area contributed by atoms with Gasteiger partial charge in [-0.1, -0.05) is 0 Å². The van der Waals surface area contributed by atoms with E-state index in [9.17, 15) is 0 Å². The summed E-state index contributed by atoms with van der Waals surface area (Å²) >= 11 is 0. The van der Waals surface area contributed by atoms with E-state index >= 15 is 0 Å². The Bertz CT molecular complexity index is 55.9. The molecule has 1 unspecified atom stereocenters. The molecule has 0 rings (SSSR count). The van der Waals surface area contributed by atoms with Gasteiger partial charge >= 0.3 is 18.9 Å². The summed E-state index contributed by atoms with van der Waals surface area (Å²) in [5.74, 6) is 0. The van der Waals surface area contributed by atoms with Crippen LogP contribution >= 0.6 is 0 Å². The molecule has 0 amide bonds. The van der Waals surface area contributed by atoms with Crippen molar-refractivity contribution < 1.29 is 0 Å². The minimum atomic E-state index is -0.222. The fraction of sp³-hybridized carbons (Fsp3) is 1.00. The molecule has 0 radical (unpaired) electrons. The summed E-state index contributed by atoms with van der Waals surface area (Å²) in [5.41, 5.74) is 10.8. The van der Waals surface area contributed by atoms with E-state index in [-0.39, 0.29) is 30.4 Å². The molecule has 4 N–H and O–H groups in total. The van der Waals surface area contributed by atoms with E-state index in [4.69, 9.17) is 11.5 Å². The third kappa shape index (κ3) is 4.67. The Morgan fingerprint density at radius 1 is 1.38 bits per heavy atom. The molecule has 0 aromatic carbocycles. The molecular formula is C5H15LiN2. The molecule has 0 saturated heterocycles. The second-order valence-electron chi connectivity index (χ2n) is 2.61. The van der Waals surface area contributed by atoms with Crippen molar-refractivity contribution in [2.24, 2.45) is 11.5 Å². The fourth-order valence-corrected chi connectivity index (χ4v) is 0. The average Bonchev–Trinajstić information content (AvgIpc) is 1.31. The van der Waals surface area contributed by atoms with Crippen molar-refractivity contribution in [3.05, 3.63) is 0 Å². The molecule has 0 aliphatic rings. The maximum atomic E-state index is 5.55. The Kier molecular flexibility index (Phi) is 4.99.